The van der Waals surface area contributed by atoms with Crippen LogP contribution in [0.4, 0.5) is 13.2 Å². The summed E-state index contributed by atoms with van der Waals surface area (Å²) >= 11 is 0. The van der Waals surface area contributed by atoms with Crippen molar-refractivity contribution in [3.63, 3.8) is 0 Å². The number of aromatic nitrogens is 2. The van der Waals surface area contributed by atoms with E-state index in [9.17, 15) is 13.2 Å². The molecule has 1 spiro atoms. The summed E-state index contributed by atoms with van der Waals surface area (Å²) in [6.07, 6.45) is 2.08. The molecule has 2 aliphatic rings. The van der Waals surface area contributed by atoms with Gasteiger partial charge in [-0.25, -0.2) is 4.98 Å². The molecule has 0 radical (unpaired) electrons. The number of hydrogen-bond acceptors (Lipinski definition) is 3. The van der Waals surface area contributed by atoms with Gasteiger partial charge in [0.1, 0.15) is 5.82 Å². The fraction of sp³-hybridized carbons (Fsp3) is 0.786. The number of alkyl halides is 3. The van der Waals surface area contributed by atoms with Gasteiger partial charge < -0.3 is 9.88 Å². The molecule has 1 aromatic rings. The molecule has 0 unspecified atom stereocenters. The molecular formula is C14H21F3N4. The van der Waals surface area contributed by atoms with E-state index in [4.69, 9.17) is 0 Å². The number of imidazole rings is 1. The highest BCUT2D eigenvalue weighted by Gasteiger charge is 2.57. The van der Waals surface area contributed by atoms with Crippen molar-refractivity contribution >= 4 is 0 Å². The van der Waals surface area contributed by atoms with Crippen molar-refractivity contribution in [1.29, 1.82) is 0 Å². The maximum Gasteiger partial charge on any atom is 0.401 e. The van der Waals surface area contributed by atoms with E-state index in [2.05, 4.69) is 10.3 Å². The van der Waals surface area contributed by atoms with E-state index in [0.29, 0.717) is 5.82 Å². The van der Waals surface area contributed by atoms with E-state index in [1.54, 1.807) is 21.9 Å². The van der Waals surface area contributed by atoms with Crippen molar-refractivity contribution in [2.75, 3.05) is 19.6 Å². The van der Waals surface area contributed by atoms with Crippen molar-refractivity contribution in [3.8, 4) is 0 Å². The van der Waals surface area contributed by atoms with Crippen LogP contribution < -0.4 is 5.32 Å². The molecule has 1 aromatic heterocycles. The molecule has 2 fully saturated rings. The van der Waals surface area contributed by atoms with Crippen molar-refractivity contribution in [3.05, 3.63) is 18.2 Å². The lowest BCUT2D eigenvalue weighted by Gasteiger charge is -2.29. The summed E-state index contributed by atoms with van der Waals surface area (Å²) in [6.45, 7) is 1.25. The van der Waals surface area contributed by atoms with Gasteiger partial charge >= 0.3 is 6.18 Å². The summed E-state index contributed by atoms with van der Waals surface area (Å²) in [6, 6.07) is 0.0397. The third-order valence-corrected chi connectivity index (χ3v) is 4.83. The van der Waals surface area contributed by atoms with Crippen LogP contribution in [0.3, 0.4) is 0 Å². The van der Waals surface area contributed by atoms with Gasteiger partial charge in [0.15, 0.2) is 0 Å². The Morgan fingerprint density at radius 2 is 2.14 bits per heavy atom. The molecule has 7 heteroatoms. The van der Waals surface area contributed by atoms with Gasteiger partial charge in [-0.3, -0.25) is 4.90 Å². The molecule has 1 saturated carbocycles. The first-order chi connectivity index (χ1) is 9.90. The normalized spacial score (nSPS) is 24.7. The summed E-state index contributed by atoms with van der Waals surface area (Å²) in [5, 5.41) is 3.29. The van der Waals surface area contributed by atoms with Crippen LogP contribution in [-0.2, 0) is 13.6 Å². The average Bonchev–Trinajstić information content (AvgIpc) is 2.93. The summed E-state index contributed by atoms with van der Waals surface area (Å²) in [4.78, 5) is 5.75. The predicted octanol–water partition coefficient (Wildman–Crippen LogP) is 1.93. The molecule has 0 aromatic carbocycles. The first kappa shape index (κ1) is 14.8. The number of halogens is 3. The largest absolute Gasteiger partial charge is 0.401 e. The van der Waals surface area contributed by atoms with Crippen LogP contribution >= 0.6 is 0 Å². The SMILES string of the molecule is Cn1ccnc1CN(CC(F)(F)F)[C@H]1CC12CCNCC2. The molecule has 1 atom stereocenters. The number of piperidine rings is 1. The predicted molar refractivity (Wildman–Crippen MR) is 72.6 cm³/mol. The van der Waals surface area contributed by atoms with E-state index < -0.39 is 12.7 Å². The molecular weight excluding hydrogens is 281 g/mol. The van der Waals surface area contributed by atoms with Crippen molar-refractivity contribution in [2.24, 2.45) is 12.5 Å². The summed E-state index contributed by atoms with van der Waals surface area (Å²) in [7, 11) is 1.82. The minimum Gasteiger partial charge on any atom is -0.337 e. The van der Waals surface area contributed by atoms with Gasteiger partial charge in [-0.05, 0) is 37.8 Å². The highest BCUT2D eigenvalue weighted by molar-refractivity contribution is 5.11. The Morgan fingerprint density at radius 1 is 1.43 bits per heavy atom. The molecule has 1 aliphatic heterocycles. The van der Waals surface area contributed by atoms with Gasteiger partial charge in [0.25, 0.3) is 0 Å². The highest BCUT2D eigenvalue weighted by Crippen LogP contribution is 2.56. The van der Waals surface area contributed by atoms with Crippen LogP contribution in [0.2, 0.25) is 0 Å². The molecule has 4 nitrogen and oxygen atoms in total. The van der Waals surface area contributed by atoms with E-state index >= 15 is 0 Å². The van der Waals surface area contributed by atoms with E-state index in [1.807, 2.05) is 7.05 Å². The first-order valence-electron chi connectivity index (χ1n) is 7.37. The molecule has 0 amide bonds. The molecule has 3 rings (SSSR count). The van der Waals surface area contributed by atoms with Gasteiger partial charge in [0.05, 0.1) is 13.1 Å². The Labute approximate surface area is 122 Å². The maximum atomic E-state index is 12.9. The summed E-state index contributed by atoms with van der Waals surface area (Å²) in [5.41, 5.74) is 0.0989. The molecule has 1 N–H and O–H groups in total. The van der Waals surface area contributed by atoms with Gasteiger partial charge in [0.2, 0.25) is 0 Å². The summed E-state index contributed by atoms with van der Waals surface area (Å²) < 4.78 is 40.5. The Hall–Kier alpha value is -1.08. The second-order valence-corrected chi connectivity index (χ2v) is 6.31. The molecule has 21 heavy (non-hydrogen) atoms. The lowest BCUT2D eigenvalue weighted by atomic mass is 9.93. The first-order valence-corrected chi connectivity index (χ1v) is 7.37. The topological polar surface area (TPSA) is 33.1 Å². The Morgan fingerprint density at radius 3 is 2.71 bits per heavy atom. The zero-order valence-electron chi connectivity index (χ0n) is 12.2. The van der Waals surface area contributed by atoms with Gasteiger partial charge in [-0.1, -0.05) is 0 Å². The second kappa shape index (κ2) is 5.28. The second-order valence-electron chi connectivity index (χ2n) is 6.31. The Kier molecular flexibility index (Phi) is 3.73. The summed E-state index contributed by atoms with van der Waals surface area (Å²) in [5.74, 6) is 0.690. The van der Waals surface area contributed by atoms with Gasteiger partial charge in [0, 0.05) is 25.5 Å². The van der Waals surface area contributed by atoms with Crippen LogP contribution in [0.15, 0.2) is 12.4 Å². The highest BCUT2D eigenvalue weighted by atomic mass is 19.4. The third-order valence-electron chi connectivity index (χ3n) is 4.83. The van der Waals surface area contributed by atoms with Crippen LogP contribution in [0.1, 0.15) is 25.1 Å². The monoisotopic (exact) mass is 302 g/mol. The average molecular weight is 302 g/mol. The van der Waals surface area contributed by atoms with Gasteiger partial charge in [-0.2, -0.15) is 13.2 Å². The molecule has 118 valence electrons. The molecule has 0 bridgehead atoms. The fourth-order valence-corrected chi connectivity index (χ4v) is 3.54. The van der Waals surface area contributed by atoms with Crippen LogP contribution in [0.5, 0.6) is 0 Å². The van der Waals surface area contributed by atoms with Crippen molar-refractivity contribution < 1.29 is 13.2 Å². The maximum absolute atomic E-state index is 12.9. The number of hydrogen-bond donors (Lipinski definition) is 1. The minimum atomic E-state index is -4.16. The van der Waals surface area contributed by atoms with Gasteiger partial charge in [-0.15, -0.1) is 0 Å². The zero-order chi connectivity index (χ0) is 15.1. The van der Waals surface area contributed by atoms with Crippen molar-refractivity contribution in [2.45, 2.75) is 38.0 Å². The number of nitrogens with zero attached hydrogens (tertiary/aromatic N) is 3. The quantitative estimate of drug-likeness (QED) is 0.922. The smallest absolute Gasteiger partial charge is 0.337 e. The Balaban J connectivity index is 1.73. The number of rotatable bonds is 4. The van der Waals surface area contributed by atoms with E-state index in [-0.39, 0.29) is 18.0 Å². The minimum absolute atomic E-state index is 0.0397. The Bertz CT molecular complexity index is 491. The van der Waals surface area contributed by atoms with Crippen molar-refractivity contribution in [1.82, 2.24) is 19.8 Å². The molecule has 1 saturated heterocycles. The van der Waals surface area contributed by atoms with E-state index in [0.717, 1.165) is 32.4 Å². The molecule has 1 aliphatic carbocycles. The van der Waals surface area contributed by atoms with Crippen LogP contribution in [0, 0.1) is 5.41 Å². The lowest BCUT2D eigenvalue weighted by molar-refractivity contribution is -0.150. The lowest BCUT2D eigenvalue weighted by Crippen LogP contribution is -2.40. The zero-order valence-corrected chi connectivity index (χ0v) is 12.2. The third kappa shape index (κ3) is 3.23. The van der Waals surface area contributed by atoms with Crippen LogP contribution in [0.25, 0.3) is 0 Å². The number of aryl methyl sites for hydroxylation is 1. The van der Waals surface area contributed by atoms with E-state index in [1.165, 1.54) is 0 Å². The number of nitrogens with one attached hydrogen (secondary N) is 1. The standard InChI is InChI=1S/C14H21F3N4/c1-20-7-6-19-12(20)9-21(10-14(15,16)17)11-8-13(11)2-4-18-5-3-13/h6-7,11,18H,2-5,8-10H2,1H3/t11-/m0/s1. The van der Waals surface area contributed by atoms with Crippen LogP contribution in [-0.4, -0.2) is 46.3 Å². The fourth-order valence-electron chi connectivity index (χ4n) is 3.54. The molecule has 2 heterocycles.